The van der Waals surface area contributed by atoms with Crippen LogP contribution in [0.3, 0.4) is 0 Å². The molecule has 4 nitrogen and oxygen atoms in total. The second kappa shape index (κ2) is 6.68. The van der Waals surface area contributed by atoms with Gasteiger partial charge in [0.1, 0.15) is 16.2 Å². The maximum Gasteiger partial charge on any atom is 0.234 e. The third-order valence-electron chi connectivity index (χ3n) is 3.51. The minimum Gasteiger partial charge on any atom is -0.325 e. The molecule has 1 N–H and O–H groups in total. The highest BCUT2D eigenvalue weighted by atomic mass is 32.2. The lowest BCUT2D eigenvalue weighted by Crippen LogP contribution is -2.16. The molecular formula is C17H17N3OS2. The van der Waals surface area contributed by atoms with Crippen LogP contribution >= 0.6 is 23.1 Å². The summed E-state index contributed by atoms with van der Waals surface area (Å²) in [5.41, 5.74) is 4.28. The number of hydrogen-bond acceptors (Lipinski definition) is 5. The molecule has 0 radical (unpaired) electrons. The standard InChI is InChI=1S/C17H17N3OS2/c1-10-6-11(2)15(12(3)7-10)20-14(21)8-23-17-13-4-5-22-16(13)18-9-19-17/h4-7,9H,8H2,1-3H3,(H,20,21). The number of fused-ring (bicyclic) bond motifs is 1. The van der Waals surface area contributed by atoms with Gasteiger partial charge in [0, 0.05) is 11.1 Å². The van der Waals surface area contributed by atoms with Crippen molar-refractivity contribution in [2.45, 2.75) is 25.8 Å². The molecule has 0 saturated heterocycles. The molecular weight excluding hydrogens is 326 g/mol. The van der Waals surface area contributed by atoms with Crippen molar-refractivity contribution in [2.75, 3.05) is 11.1 Å². The van der Waals surface area contributed by atoms with Crippen LogP contribution in [0.25, 0.3) is 10.2 Å². The molecule has 0 aliphatic carbocycles. The number of aryl methyl sites for hydroxylation is 3. The Kier molecular flexibility index (Phi) is 4.63. The number of nitrogens with zero attached hydrogens (tertiary/aromatic N) is 2. The first-order valence-electron chi connectivity index (χ1n) is 7.23. The Bertz CT molecular complexity index is 850. The fourth-order valence-electron chi connectivity index (χ4n) is 2.57. The summed E-state index contributed by atoms with van der Waals surface area (Å²) in [6.45, 7) is 6.09. The van der Waals surface area contributed by atoms with Crippen molar-refractivity contribution in [3.63, 3.8) is 0 Å². The normalized spacial score (nSPS) is 10.9. The topological polar surface area (TPSA) is 54.9 Å². The van der Waals surface area contributed by atoms with Crippen molar-refractivity contribution in [3.8, 4) is 0 Å². The van der Waals surface area contributed by atoms with Gasteiger partial charge in [0.2, 0.25) is 5.91 Å². The maximum atomic E-state index is 12.3. The summed E-state index contributed by atoms with van der Waals surface area (Å²) in [4.78, 5) is 21.7. The highest BCUT2D eigenvalue weighted by Crippen LogP contribution is 2.28. The molecule has 118 valence electrons. The van der Waals surface area contributed by atoms with E-state index in [0.717, 1.165) is 32.1 Å². The zero-order chi connectivity index (χ0) is 16.4. The molecule has 1 aromatic carbocycles. The number of thioether (sulfide) groups is 1. The lowest BCUT2D eigenvalue weighted by molar-refractivity contribution is -0.113. The predicted molar refractivity (Wildman–Crippen MR) is 97.4 cm³/mol. The predicted octanol–water partition coefficient (Wildman–Crippen LogP) is 4.35. The van der Waals surface area contributed by atoms with Gasteiger partial charge in [0.05, 0.1) is 5.75 Å². The molecule has 0 aliphatic rings. The van der Waals surface area contributed by atoms with Gasteiger partial charge in [0.25, 0.3) is 0 Å². The Balaban J connectivity index is 1.70. The van der Waals surface area contributed by atoms with Crippen molar-refractivity contribution in [1.29, 1.82) is 0 Å². The minimum atomic E-state index is -0.0213. The molecule has 3 rings (SSSR count). The van der Waals surface area contributed by atoms with Crippen LogP contribution in [0.2, 0.25) is 0 Å². The quantitative estimate of drug-likeness (QED) is 0.565. The van der Waals surface area contributed by atoms with E-state index < -0.39 is 0 Å². The van der Waals surface area contributed by atoms with Crippen molar-refractivity contribution < 1.29 is 4.79 Å². The molecule has 6 heteroatoms. The lowest BCUT2D eigenvalue weighted by Gasteiger charge is -2.12. The van der Waals surface area contributed by atoms with Crippen LogP contribution in [0.1, 0.15) is 16.7 Å². The number of hydrogen-bond donors (Lipinski definition) is 1. The van der Waals surface area contributed by atoms with Gasteiger partial charge in [-0.3, -0.25) is 4.79 Å². The summed E-state index contributed by atoms with van der Waals surface area (Å²) >= 11 is 3.02. The average molecular weight is 343 g/mol. The van der Waals surface area contributed by atoms with Gasteiger partial charge in [-0.15, -0.1) is 11.3 Å². The van der Waals surface area contributed by atoms with E-state index in [1.807, 2.05) is 25.3 Å². The molecule has 0 bridgehead atoms. The first-order valence-corrected chi connectivity index (χ1v) is 9.10. The maximum absolute atomic E-state index is 12.3. The second-order valence-electron chi connectivity index (χ2n) is 5.43. The van der Waals surface area contributed by atoms with E-state index in [4.69, 9.17) is 0 Å². The van der Waals surface area contributed by atoms with E-state index in [2.05, 4.69) is 34.3 Å². The number of benzene rings is 1. The fourth-order valence-corrected chi connectivity index (χ4v) is 4.15. The van der Waals surface area contributed by atoms with Gasteiger partial charge in [-0.1, -0.05) is 29.5 Å². The van der Waals surface area contributed by atoms with Crippen LogP contribution in [-0.4, -0.2) is 21.6 Å². The van der Waals surface area contributed by atoms with Crippen molar-refractivity contribution in [3.05, 3.63) is 46.6 Å². The van der Waals surface area contributed by atoms with Gasteiger partial charge in [0.15, 0.2) is 0 Å². The van der Waals surface area contributed by atoms with Gasteiger partial charge < -0.3 is 5.32 Å². The lowest BCUT2D eigenvalue weighted by atomic mass is 10.1. The Hall–Kier alpha value is -1.92. The van der Waals surface area contributed by atoms with Crippen LogP contribution in [0, 0.1) is 20.8 Å². The SMILES string of the molecule is Cc1cc(C)c(NC(=O)CSc2ncnc3sccc23)c(C)c1. The number of nitrogens with one attached hydrogen (secondary N) is 1. The summed E-state index contributed by atoms with van der Waals surface area (Å²) < 4.78 is 0. The highest BCUT2D eigenvalue weighted by molar-refractivity contribution is 8.00. The molecule has 2 aromatic heterocycles. The second-order valence-corrected chi connectivity index (χ2v) is 7.29. The van der Waals surface area contributed by atoms with Crippen molar-refractivity contribution >= 4 is 44.9 Å². The van der Waals surface area contributed by atoms with Crippen molar-refractivity contribution in [1.82, 2.24) is 9.97 Å². The number of rotatable bonds is 4. The van der Waals surface area contributed by atoms with Crippen LogP contribution in [0.4, 0.5) is 5.69 Å². The molecule has 0 atom stereocenters. The number of aromatic nitrogens is 2. The zero-order valence-corrected chi connectivity index (χ0v) is 14.8. The number of carbonyl (C=O) groups is 1. The number of carbonyl (C=O) groups excluding carboxylic acids is 1. The molecule has 2 heterocycles. The van der Waals surface area contributed by atoms with Gasteiger partial charge in [-0.05, 0) is 43.3 Å². The van der Waals surface area contributed by atoms with Crippen LogP contribution in [0.5, 0.6) is 0 Å². The molecule has 0 fully saturated rings. The molecule has 23 heavy (non-hydrogen) atoms. The van der Waals surface area contributed by atoms with E-state index in [1.54, 1.807) is 17.7 Å². The molecule has 0 saturated carbocycles. The van der Waals surface area contributed by atoms with E-state index in [-0.39, 0.29) is 5.91 Å². The third kappa shape index (κ3) is 3.54. The van der Waals surface area contributed by atoms with Gasteiger partial charge in [-0.2, -0.15) is 0 Å². The Morgan fingerprint density at radius 2 is 1.96 bits per heavy atom. The summed E-state index contributed by atoms with van der Waals surface area (Å²) in [7, 11) is 0. The Labute approximate surface area is 143 Å². The summed E-state index contributed by atoms with van der Waals surface area (Å²) in [6.07, 6.45) is 1.55. The summed E-state index contributed by atoms with van der Waals surface area (Å²) in [5.74, 6) is 0.307. The largest absolute Gasteiger partial charge is 0.325 e. The monoisotopic (exact) mass is 343 g/mol. The smallest absolute Gasteiger partial charge is 0.234 e. The fraction of sp³-hybridized carbons (Fsp3) is 0.235. The van der Waals surface area contributed by atoms with E-state index in [0.29, 0.717) is 5.75 Å². The van der Waals surface area contributed by atoms with Gasteiger partial charge >= 0.3 is 0 Å². The number of thiophene rings is 1. The summed E-state index contributed by atoms with van der Waals surface area (Å²) in [5, 5.41) is 6.87. The number of anilines is 1. The first kappa shape index (κ1) is 16.0. The molecule has 3 aromatic rings. The third-order valence-corrected chi connectivity index (χ3v) is 5.33. The average Bonchev–Trinajstić information content (AvgIpc) is 2.97. The molecule has 1 amide bonds. The highest BCUT2D eigenvalue weighted by Gasteiger charge is 2.11. The molecule has 0 spiro atoms. The number of amides is 1. The minimum absolute atomic E-state index is 0.0213. The Morgan fingerprint density at radius 1 is 1.22 bits per heavy atom. The van der Waals surface area contributed by atoms with Crippen LogP contribution in [0.15, 0.2) is 34.9 Å². The van der Waals surface area contributed by atoms with E-state index in [1.165, 1.54) is 17.3 Å². The van der Waals surface area contributed by atoms with Gasteiger partial charge in [-0.25, -0.2) is 9.97 Å². The van der Waals surface area contributed by atoms with E-state index >= 15 is 0 Å². The van der Waals surface area contributed by atoms with E-state index in [9.17, 15) is 4.79 Å². The zero-order valence-electron chi connectivity index (χ0n) is 13.2. The summed E-state index contributed by atoms with van der Waals surface area (Å²) in [6, 6.07) is 6.15. The first-order chi connectivity index (χ1) is 11.0. The van der Waals surface area contributed by atoms with Crippen LogP contribution < -0.4 is 5.32 Å². The molecule has 0 aliphatic heterocycles. The van der Waals surface area contributed by atoms with Crippen LogP contribution in [-0.2, 0) is 4.79 Å². The van der Waals surface area contributed by atoms with Crippen molar-refractivity contribution in [2.24, 2.45) is 0 Å². The Morgan fingerprint density at radius 3 is 2.70 bits per heavy atom. The molecule has 0 unspecified atom stereocenters.